The molecule has 0 aromatic heterocycles. The molecule has 1 unspecified atom stereocenters. The summed E-state index contributed by atoms with van der Waals surface area (Å²) in [5.41, 5.74) is 1.01. The highest BCUT2D eigenvalue weighted by atomic mass is 19.1. The molecule has 6 heteroatoms. The van der Waals surface area contributed by atoms with Gasteiger partial charge in [-0.3, -0.25) is 9.59 Å². The van der Waals surface area contributed by atoms with Crippen LogP contribution in [0.15, 0.2) is 24.3 Å². The summed E-state index contributed by atoms with van der Waals surface area (Å²) in [5.74, 6) is 0.481. The summed E-state index contributed by atoms with van der Waals surface area (Å²) < 4.78 is 13.0. The number of carbonyl (C=O) groups excluding carboxylic acids is 2. The van der Waals surface area contributed by atoms with Crippen molar-refractivity contribution in [1.29, 1.82) is 0 Å². The molecular weight excluding hydrogens is 345 g/mol. The lowest BCUT2D eigenvalue weighted by Gasteiger charge is -2.20. The monoisotopic (exact) mass is 375 g/mol. The molecule has 1 saturated heterocycles. The van der Waals surface area contributed by atoms with Crippen LogP contribution in [-0.2, 0) is 9.59 Å². The number of halogens is 1. The van der Waals surface area contributed by atoms with E-state index in [4.69, 9.17) is 0 Å². The quantitative estimate of drug-likeness (QED) is 0.770. The molecular formula is C21H30FN3O2. The molecule has 1 atom stereocenters. The average Bonchev–Trinajstić information content (AvgIpc) is 3.15. The largest absolute Gasteiger partial charge is 0.371 e. The number of nitrogens with one attached hydrogen (secondary N) is 2. The van der Waals surface area contributed by atoms with Crippen molar-refractivity contribution in [2.75, 3.05) is 31.1 Å². The summed E-state index contributed by atoms with van der Waals surface area (Å²) >= 11 is 0. The fourth-order valence-corrected chi connectivity index (χ4v) is 4.11. The van der Waals surface area contributed by atoms with Crippen molar-refractivity contribution in [2.24, 2.45) is 11.8 Å². The van der Waals surface area contributed by atoms with E-state index >= 15 is 0 Å². The van der Waals surface area contributed by atoms with Crippen molar-refractivity contribution >= 4 is 17.5 Å². The highest BCUT2D eigenvalue weighted by Crippen LogP contribution is 2.26. The molecule has 1 aromatic rings. The Hall–Kier alpha value is -2.11. The number of rotatable bonds is 7. The molecule has 0 radical (unpaired) electrons. The van der Waals surface area contributed by atoms with E-state index in [1.807, 2.05) is 0 Å². The van der Waals surface area contributed by atoms with Gasteiger partial charge < -0.3 is 15.5 Å². The second-order valence-electron chi connectivity index (χ2n) is 7.87. The van der Waals surface area contributed by atoms with Gasteiger partial charge in [-0.05, 0) is 55.4 Å². The van der Waals surface area contributed by atoms with Crippen LogP contribution in [0.25, 0.3) is 0 Å². The first kappa shape index (κ1) is 19.6. The maximum atomic E-state index is 13.0. The summed E-state index contributed by atoms with van der Waals surface area (Å²) in [5, 5.41) is 5.67. The lowest BCUT2D eigenvalue weighted by Crippen LogP contribution is -2.39. The lowest BCUT2D eigenvalue weighted by atomic mass is 9.87. The first-order chi connectivity index (χ1) is 13.1. The summed E-state index contributed by atoms with van der Waals surface area (Å²) in [4.78, 5) is 26.2. The zero-order chi connectivity index (χ0) is 19.1. The van der Waals surface area contributed by atoms with Gasteiger partial charge in [-0.1, -0.05) is 19.3 Å². The zero-order valence-corrected chi connectivity index (χ0v) is 15.9. The van der Waals surface area contributed by atoms with Crippen LogP contribution in [-0.4, -0.2) is 38.0 Å². The van der Waals surface area contributed by atoms with E-state index < -0.39 is 0 Å². The molecule has 3 rings (SSSR count). The van der Waals surface area contributed by atoms with Crippen molar-refractivity contribution in [3.05, 3.63) is 30.1 Å². The first-order valence-corrected chi connectivity index (χ1v) is 10.1. The standard InChI is InChI=1S/C21H30FN3O2/c22-18-6-8-19(9-7-18)25-11-10-17(15-25)13-23-21(27)14-24-20(26)12-16-4-2-1-3-5-16/h6-9,16-17H,1-5,10-15H2,(H,23,27)(H,24,26). The topological polar surface area (TPSA) is 61.4 Å². The Morgan fingerprint density at radius 3 is 2.44 bits per heavy atom. The van der Waals surface area contributed by atoms with E-state index in [0.717, 1.165) is 38.0 Å². The van der Waals surface area contributed by atoms with E-state index in [1.54, 1.807) is 12.1 Å². The molecule has 0 spiro atoms. The van der Waals surface area contributed by atoms with Gasteiger partial charge in [0.1, 0.15) is 5.82 Å². The molecule has 27 heavy (non-hydrogen) atoms. The minimum atomic E-state index is -0.229. The molecule has 148 valence electrons. The number of hydrogen-bond donors (Lipinski definition) is 2. The molecule has 1 saturated carbocycles. The lowest BCUT2D eigenvalue weighted by molar-refractivity contribution is -0.126. The van der Waals surface area contributed by atoms with Crippen LogP contribution in [0, 0.1) is 17.7 Å². The highest BCUT2D eigenvalue weighted by molar-refractivity contribution is 5.84. The molecule has 1 heterocycles. The van der Waals surface area contributed by atoms with Gasteiger partial charge >= 0.3 is 0 Å². The average molecular weight is 375 g/mol. The maximum Gasteiger partial charge on any atom is 0.239 e. The van der Waals surface area contributed by atoms with Gasteiger partial charge in [0.15, 0.2) is 0 Å². The van der Waals surface area contributed by atoms with E-state index in [2.05, 4.69) is 15.5 Å². The Bertz CT molecular complexity index is 629. The highest BCUT2D eigenvalue weighted by Gasteiger charge is 2.23. The predicted octanol–water partition coefficient (Wildman–Crippen LogP) is 2.85. The normalized spacial score (nSPS) is 20.5. The fraction of sp³-hybridized carbons (Fsp3) is 0.619. The Morgan fingerprint density at radius 1 is 0.963 bits per heavy atom. The van der Waals surface area contributed by atoms with Gasteiger partial charge in [-0.2, -0.15) is 0 Å². The van der Waals surface area contributed by atoms with E-state index in [-0.39, 0.29) is 24.2 Å². The number of hydrogen-bond acceptors (Lipinski definition) is 3. The molecule has 1 aromatic carbocycles. The molecule has 2 amide bonds. The predicted molar refractivity (Wildman–Crippen MR) is 104 cm³/mol. The van der Waals surface area contributed by atoms with Crippen LogP contribution in [0.4, 0.5) is 10.1 Å². The van der Waals surface area contributed by atoms with Crippen molar-refractivity contribution in [3.8, 4) is 0 Å². The second-order valence-corrected chi connectivity index (χ2v) is 7.87. The Labute approximate surface area is 160 Å². The Morgan fingerprint density at radius 2 is 1.70 bits per heavy atom. The van der Waals surface area contributed by atoms with Crippen molar-refractivity contribution in [2.45, 2.75) is 44.9 Å². The molecule has 5 nitrogen and oxygen atoms in total. The summed E-state index contributed by atoms with van der Waals surface area (Å²) in [7, 11) is 0. The minimum absolute atomic E-state index is 0.0135. The van der Waals surface area contributed by atoms with Gasteiger partial charge in [0.2, 0.25) is 11.8 Å². The van der Waals surface area contributed by atoms with Gasteiger partial charge in [-0.15, -0.1) is 0 Å². The molecule has 2 fully saturated rings. The zero-order valence-electron chi connectivity index (χ0n) is 15.9. The van der Waals surface area contributed by atoms with E-state index in [0.29, 0.717) is 24.8 Å². The maximum absolute atomic E-state index is 13.0. The third-order valence-corrected chi connectivity index (χ3v) is 5.71. The summed E-state index contributed by atoms with van der Waals surface area (Å²) in [6, 6.07) is 6.52. The first-order valence-electron chi connectivity index (χ1n) is 10.1. The van der Waals surface area contributed by atoms with Gasteiger partial charge in [0.25, 0.3) is 0 Å². The van der Waals surface area contributed by atoms with Gasteiger partial charge in [-0.25, -0.2) is 4.39 Å². The fourth-order valence-electron chi connectivity index (χ4n) is 4.11. The third kappa shape index (κ3) is 6.22. The Balaban J connectivity index is 1.31. The SMILES string of the molecule is O=C(CNC(=O)CC1CCCCC1)NCC1CCN(c2ccc(F)cc2)C1. The van der Waals surface area contributed by atoms with Crippen LogP contribution in [0.2, 0.25) is 0 Å². The number of anilines is 1. The summed E-state index contributed by atoms with van der Waals surface area (Å²) in [6.07, 6.45) is 7.51. The van der Waals surface area contributed by atoms with Crippen LogP contribution >= 0.6 is 0 Å². The number of carbonyl (C=O) groups is 2. The van der Waals surface area contributed by atoms with Gasteiger partial charge in [0.05, 0.1) is 6.54 Å². The van der Waals surface area contributed by atoms with Crippen molar-refractivity contribution in [3.63, 3.8) is 0 Å². The molecule has 1 aliphatic heterocycles. The Kier molecular flexibility index (Phi) is 7.07. The smallest absolute Gasteiger partial charge is 0.239 e. The number of nitrogens with zero attached hydrogens (tertiary/aromatic N) is 1. The third-order valence-electron chi connectivity index (χ3n) is 5.71. The molecule has 2 N–H and O–H groups in total. The molecule has 2 aliphatic rings. The van der Waals surface area contributed by atoms with Gasteiger partial charge in [0, 0.05) is 31.7 Å². The van der Waals surface area contributed by atoms with Crippen LogP contribution in [0.5, 0.6) is 0 Å². The van der Waals surface area contributed by atoms with Crippen LogP contribution < -0.4 is 15.5 Å². The molecule has 0 bridgehead atoms. The number of amides is 2. The van der Waals surface area contributed by atoms with E-state index in [1.165, 1.54) is 31.4 Å². The molecule has 1 aliphatic carbocycles. The van der Waals surface area contributed by atoms with Crippen LogP contribution in [0.3, 0.4) is 0 Å². The summed E-state index contributed by atoms with van der Waals surface area (Å²) in [6.45, 7) is 2.42. The van der Waals surface area contributed by atoms with Crippen molar-refractivity contribution < 1.29 is 14.0 Å². The minimum Gasteiger partial charge on any atom is -0.371 e. The number of benzene rings is 1. The van der Waals surface area contributed by atoms with Crippen LogP contribution in [0.1, 0.15) is 44.9 Å². The van der Waals surface area contributed by atoms with Crippen molar-refractivity contribution in [1.82, 2.24) is 10.6 Å². The second kappa shape index (κ2) is 9.72. The van der Waals surface area contributed by atoms with E-state index in [9.17, 15) is 14.0 Å².